The molecule has 0 amide bonds. The maximum Gasteiger partial charge on any atom is 0.244 e. The third-order valence-corrected chi connectivity index (χ3v) is 1.29. The van der Waals surface area contributed by atoms with Gasteiger partial charge in [-0.2, -0.15) is 9.61 Å². The molecule has 0 fully saturated rings. The van der Waals surface area contributed by atoms with Crippen LogP contribution in [-0.2, 0) is 0 Å². The zero-order chi connectivity index (χ0) is 7.14. The van der Waals surface area contributed by atoms with E-state index in [1.807, 2.05) is 0 Å². The van der Waals surface area contributed by atoms with Gasteiger partial charge in [0, 0.05) is 5.22 Å². The Kier molecular flexibility index (Phi) is 0.768. The summed E-state index contributed by atoms with van der Waals surface area (Å²) in [6, 6.07) is 0. The number of hydrogen-bond acceptors (Lipinski definition) is 3. The number of rotatable bonds is 0. The van der Waals surface area contributed by atoms with Crippen molar-refractivity contribution in [1.82, 2.24) is 14.8 Å². The molecule has 10 heavy (non-hydrogen) atoms. The first-order chi connectivity index (χ1) is 4.79. The van der Waals surface area contributed by atoms with Crippen LogP contribution in [0.15, 0.2) is 10.7 Å². The largest absolute Gasteiger partial charge is 0.335 e. The second-order valence-electron chi connectivity index (χ2n) is 1.98. The maximum absolute atomic E-state index is 4.74. The van der Waals surface area contributed by atoms with Gasteiger partial charge in [-0.1, -0.05) is 11.7 Å². The lowest BCUT2D eigenvalue weighted by Gasteiger charge is -1.70. The van der Waals surface area contributed by atoms with Crippen LogP contribution >= 0.6 is 0 Å². The van der Waals surface area contributed by atoms with Crippen molar-refractivity contribution in [2.75, 3.05) is 0 Å². The van der Waals surface area contributed by atoms with Crippen molar-refractivity contribution in [2.45, 2.75) is 0 Å². The van der Waals surface area contributed by atoms with Gasteiger partial charge in [0.15, 0.2) is 0 Å². The SMILES string of the molecule is C=c1cnn2c(=C)onc12. The Balaban J connectivity index is 3.24. The number of nitrogens with zero attached hydrogens (tertiary/aromatic N) is 3. The summed E-state index contributed by atoms with van der Waals surface area (Å²) in [4.78, 5) is 0. The molecule has 0 unspecified atom stereocenters. The zero-order valence-electron chi connectivity index (χ0n) is 5.24. The molecule has 0 bridgehead atoms. The van der Waals surface area contributed by atoms with Crippen LogP contribution in [0.5, 0.6) is 0 Å². The van der Waals surface area contributed by atoms with Gasteiger partial charge >= 0.3 is 0 Å². The predicted octanol–water partition coefficient (Wildman–Crippen LogP) is -0.857. The topological polar surface area (TPSA) is 43.3 Å². The first-order valence-electron chi connectivity index (χ1n) is 2.76. The van der Waals surface area contributed by atoms with E-state index in [0.717, 1.165) is 5.22 Å². The Labute approximate surface area is 56.1 Å². The Morgan fingerprint density at radius 1 is 1.50 bits per heavy atom. The van der Waals surface area contributed by atoms with Gasteiger partial charge in [-0.25, -0.2) is 0 Å². The molecule has 0 aromatic carbocycles. The van der Waals surface area contributed by atoms with Crippen LogP contribution in [-0.4, -0.2) is 14.8 Å². The van der Waals surface area contributed by atoms with Crippen LogP contribution in [0.25, 0.3) is 18.8 Å². The van der Waals surface area contributed by atoms with Gasteiger partial charge in [-0.3, -0.25) is 0 Å². The Bertz CT molecular complexity index is 409. The summed E-state index contributed by atoms with van der Waals surface area (Å²) in [6.07, 6.45) is 1.62. The van der Waals surface area contributed by atoms with Gasteiger partial charge in [0.25, 0.3) is 0 Å². The zero-order valence-corrected chi connectivity index (χ0v) is 5.24. The molecule has 0 aliphatic rings. The Morgan fingerprint density at radius 3 is 3.00 bits per heavy atom. The molecule has 50 valence electrons. The van der Waals surface area contributed by atoms with Gasteiger partial charge in [0.1, 0.15) is 0 Å². The van der Waals surface area contributed by atoms with Crippen LogP contribution in [0.3, 0.4) is 0 Å². The van der Waals surface area contributed by atoms with E-state index < -0.39 is 0 Å². The lowest BCUT2D eigenvalue weighted by Crippen LogP contribution is -2.05. The lowest BCUT2D eigenvalue weighted by atomic mass is 10.5. The summed E-state index contributed by atoms with van der Waals surface area (Å²) < 4.78 is 6.24. The summed E-state index contributed by atoms with van der Waals surface area (Å²) >= 11 is 0. The predicted molar refractivity (Wildman–Crippen MR) is 35.5 cm³/mol. The fourth-order valence-corrected chi connectivity index (χ4v) is 0.790. The average molecular weight is 135 g/mol. The molecular weight excluding hydrogens is 130 g/mol. The molecule has 0 saturated heterocycles. The molecule has 4 heteroatoms. The number of hydrogen-bond donors (Lipinski definition) is 0. The van der Waals surface area contributed by atoms with Crippen molar-refractivity contribution in [1.29, 1.82) is 0 Å². The molecule has 2 aromatic rings. The lowest BCUT2D eigenvalue weighted by molar-refractivity contribution is 0.388. The van der Waals surface area contributed by atoms with E-state index in [1.165, 1.54) is 4.52 Å². The normalized spacial score (nSPS) is 10.8. The quantitative estimate of drug-likeness (QED) is 0.472. The Hall–Kier alpha value is -1.58. The highest BCUT2D eigenvalue weighted by Gasteiger charge is 1.99. The molecular formula is C6H5N3O. The maximum atomic E-state index is 4.74. The highest BCUT2D eigenvalue weighted by atomic mass is 16.5. The van der Waals surface area contributed by atoms with Crippen LogP contribution in [0.4, 0.5) is 0 Å². The Morgan fingerprint density at radius 2 is 2.30 bits per heavy atom. The molecule has 0 atom stereocenters. The van der Waals surface area contributed by atoms with Gasteiger partial charge in [-0.15, -0.1) is 0 Å². The van der Waals surface area contributed by atoms with E-state index in [0.29, 0.717) is 11.2 Å². The van der Waals surface area contributed by atoms with E-state index in [1.54, 1.807) is 6.20 Å². The number of fused-ring (bicyclic) bond motifs is 1. The minimum absolute atomic E-state index is 0.421. The third-order valence-electron chi connectivity index (χ3n) is 1.29. The first-order valence-corrected chi connectivity index (χ1v) is 2.76. The molecule has 2 rings (SSSR count). The molecule has 0 aliphatic heterocycles. The van der Waals surface area contributed by atoms with E-state index in [-0.39, 0.29) is 0 Å². The molecule has 0 radical (unpaired) electrons. The summed E-state index contributed by atoms with van der Waals surface area (Å²) in [7, 11) is 0. The van der Waals surface area contributed by atoms with Crippen LogP contribution < -0.4 is 10.8 Å². The van der Waals surface area contributed by atoms with Crippen molar-refractivity contribution in [3.05, 3.63) is 17.0 Å². The van der Waals surface area contributed by atoms with E-state index >= 15 is 0 Å². The van der Waals surface area contributed by atoms with Gasteiger partial charge in [-0.05, 0) is 6.58 Å². The highest BCUT2D eigenvalue weighted by molar-refractivity contribution is 5.37. The van der Waals surface area contributed by atoms with E-state index in [2.05, 4.69) is 23.4 Å². The van der Waals surface area contributed by atoms with Crippen molar-refractivity contribution >= 4 is 18.8 Å². The molecule has 0 aliphatic carbocycles. The third kappa shape index (κ3) is 0.452. The van der Waals surface area contributed by atoms with Gasteiger partial charge in [0.05, 0.1) is 6.20 Å². The van der Waals surface area contributed by atoms with Crippen LogP contribution in [0, 0.1) is 0 Å². The molecule has 2 heterocycles. The molecule has 4 nitrogen and oxygen atoms in total. The summed E-state index contributed by atoms with van der Waals surface area (Å²) in [5.74, 6) is 0. The monoisotopic (exact) mass is 135 g/mol. The van der Waals surface area contributed by atoms with Crippen molar-refractivity contribution in [3.8, 4) is 0 Å². The summed E-state index contributed by atoms with van der Waals surface area (Å²) in [6.45, 7) is 7.25. The fraction of sp³-hybridized carbons (Fsp3) is 0. The van der Waals surface area contributed by atoms with Crippen LogP contribution in [0.2, 0.25) is 0 Å². The highest BCUT2D eigenvalue weighted by Crippen LogP contribution is 1.81. The van der Waals surface area contributed by atoms with Crippen molar-refractivity contribution in [2.24, 2.45) is 0 Å². The fourth-order valence-electron chi connectivity index (χ4n) is 0.790. The average Bonchev–Trinajstić information content (AvgIpc) is 2.41. The summed E-state index contributed by atoms with van der Waals surface area (Å²) in [5.41, 5.74) is 1.05. The number of aromatic nitrogens is 3. The summed E-state index contributed by atoms with van der Waals surface area (Å²) in [5, 5.41) is 8.34. The molecule has 0 saturated carbocycles. The minimum Gasteiger partial charge on any atom is -0.335 e. The molecule has 0 spiro atoms. The van der Waals surface area contributed by atoms with Gasteiger partial charge in [0.2, 0.25) is 11.2 Å². The standard InChI is InChI=1S/C6H5N3O/c1-4-3-7-9-5(2)10-8-6(4)9/h3H,1-2H2. The minimum atomic E-state index is 0.421. The second-order valence-corrected chi connectivity index (χ2v) is 1.98. The van der Waals surface area contributed by atoms with Gasteiger partial charge < -0.3 is 4.52 Å². The molecule has 0 N–H and O–H groups in total. The first kappa shape index (κ1) is 5.22. The second kappa shape index (κ2) is 1.47. The van der Waals surface area contributed by atoms with Crippen LogP contribution in [0.1, 0.15) is 0 Å². The van der Waals surface area contributed by atoms with Crippen molar-refractivity contribution in [3.63, 3.8) is 0 Å². The smallest absolute Gasteiger partial charge is 0.244 e. The van der Waals surface area contributed by atoms with Crippen molar-refractivity contribution < 1.29 is 4.52 Å². The van der Waals surface area contributed by atoms with E-state index in [9.17, 15) is 0 Å². The molecule has 2 aromatic heterocycles. The van der Waals surface area contributed by atoms with E-state index in [4.69, 9.17) is 4.52 Å².